The Morgan fingerprint density at radius 3 is 2.50 bits per heavy atom. The van der Waals surface area contributed by atoms with E-state index in [4.69, 9.17) is 21.6 Å². The molecule has 134 valence electrons. The predicted octanol–water partition coefficient (Wildman–Crippen LogP) is 2.82. The number of carbonyl (C=O) groups is 2. The molecule has 0 radical (unpaired) electrons. The van der Waals surface area contributed by atoms with Gasteiger partial charge in [-0.1, -0.05) is 60.1 Å². The van der Waals surface area contributed by atoms with Crippen LogP contribution in [0.1, 0.15) is 11.1 Å². The Balaban J connectivity index is 2.00. The fourth-order valence-corrected chi connectivity index (χ4v) is 2.46. The number of hydrogen-bond donors (Lipinski definition) is 2. The van der Waals surface area contributed by atoms with E-state index < -0.39 is 18.0 Å². The lowest BCUT2D eigenvalue weighted by molar-refractivity contribution is -0.122. The number of nitrogens with zero attached hydrogens (tertiary/aromatic N) is 1. The first-order valence-corrected chi connectivity index (χ1v) is 8.33. The molecule has 0 aliphatic rings. The summed E-state index contributed by atoms with van der Waals surface area (Å²) < 4.78 is 5.15. The normalized spacial score (nSPS) is 11.1. The first kappa shape index (κ1) is 19.3. The predicted molar refractivity (Wildman–Crippen MR) is 97.3 cm³/mol. The molecule has 0 unspecified atom stereocenters. The van der Waals surface area contributed by atoms with Gasteiger partial charge in [0.2, 0.25) is 5.91 Å². The van der Waals surface area contributed by atoms with E-state index in [9.17, 15) is 9.59 Å². The lowest BCUT2D eigenvalue weighted by Gasteiger charge is -2.18. The molecule has 2 N–H and O–H groups in total. The summed E-state index contributed by atoms with van der Waals surface area (Å²) in [6.45, 7) is -0.0656. The zero-order chi connectivity index (χ0) is 18.8. The Labute approximate surface area is 156 Å². The summed E-state index contributed by atoms with van der Waals surface area (Å²) in [5, 5.41) is 14.1. The quantitative estimate of drug-likeness (QED) is 0.732. The summed E-state index contributed by atoms with van der Waals surface area (Å²) in [7, 11) is 0. The molecule has 2 rings (SSSR count). The maximum atomic E-state index is 12.3. The van der Waals surface area contributed by atoms with Crippen molar-refractivity contribution in [2.45, 2.75) is 19.1 Å². The number of amides is 2. The highest BCUT2D eigenvalue weighted by Gasteiger charge is 2.22. The first-order valence-electron chi connectivity index (χ1n) is 7.95. The number of nitriles is 1. The van der Waals surface area contributed by atoms with Crippen molar-refractivity contribution in [3.05, 3.63) is 70.7 Å². The number of halogens is 1. The third kappa shape index (κ3) is 6.11. The molecule has 6 nitrogen and oxygen atoms in total. The number of hydrogen-bond acceptors (Lipinski definition) is 4. The Kier molecular flexibility index (Phi) is 7.47. The Bertz CT molecular complexity index is 790. The topological polar surface area (TPSA) is 91.2 Å². The van der Waals surface area contributed by atoms with E-state index in [-0.39, 0.29) is 19.6 Å². The Hall–Kier alpha value is -3.04. The molecule has 0 heterocycles. The molecule has 0 saturated carbocycles. The zero-order valence-corrected chi connectivity index (χ0v) is 14.7. The van der Waals surface area contributed by atoms with E-state index in [2.05, 4.69) is 10.6 Å². The summed E-state index contributed by atoms with van der Waals surface area (Å²) in [5.41, 5.74) is 1.54. The van der Waals surface area contributed by atoms with Crippen LogP contribution in [0.2, 0.25) is 5.02 Å². The van der Waals surface area contributed by atoms with Crippen molar-refractivity contribution in [1.29, 1.82) is 5.26 Å². The highest BCUT2D eigenvalue weighted by atomic mass is 35.5. The van der Waals surface area contributed by atoms with Crippen molar-refractivity contribution in [2.24, 2.45) is 0 Å². The van der Waals surface area contributed by atoms with Gasteiger partial charge >= 0.3 is 6.09 Å². The summed E-state index contributed by atoms with van der Waals surface area (Å²) in [5.74, 6) is -0.483. The van der Waals surface area contributed by atoms with Crippen molar-refractivity contribution in [1.82, 2.24) is 10.6 Å². The molecular formula is C19H18ClN3O3. The van der Waals surface area contributed by atoms with Crippen LogP contribution >= 0.6 is 11.6 Å². The second kappa shape index (κ2) is 10.1. The maximum absolute atomic E-state index is 12.3. The molecule has 0 aliphatic carbocycles. The second-order valence-corrected chi connectivity index (χ2v) is 5.84. The smallest absolute Gasteiger partial charge is 0.408 e. The average Bonchev–Trinajstić information content (AvgIpc) is 2.66. The molecule has 0 aromatic heterocycles. The van der Waals surface area contributed by atoms with Crippen molar-refractivity contribution < 1.29 is 14.3 Å². The molecule has 0 spiro atoms. The van der Waals surface area contributed by atoms with Crippen LogP contribution in [-0.4, -0.2) is 24.6 Å². The zero-order valence-electron chi connectivity index (χ0n) is 13.9. The molecule has 1 atom stereocenters. The minimum atomic E-state index is -0.911. The summed E-state index contributed by atoms with van der Waals surface area (Å²) in [4.78, 5) is 24.3. The molecule has 0 fully saturated rings. The van der Waals surface area contributed by atoms with E-state index in [1.807, 2.05) is 36.4 Å². The Morgan fingerprint density at radius 2 is 1.81 bits per heavy atom. The highest BCUT2D eigenvalue weighted by molar-refractivity contribution is 6.31. The molecule has 2 aromatic carbocycles. The monoisotopic (exact) mass is 371 g/mol. The average molecular weight is 372 g/mol. The minimum absolute atomic E-state index is 0.0886. The van der Waals surface area contributed by atoms with Gasteiger partial charge in [0.15, 0.2) is 0 Å². The van der Waals surface area contributed by atoms with Crippen molar-refractivity contribution in [2.75, 3.05) is 6.54 Å². The SMILES string of the molecule is N#CCNC(=O)[C@H](Cc1ccccc1Cl)NC(=O)OCc1ccccc1. The lowest BCUT2D eigenvalue weighted by atomic mass is 10.1. The van der Waals surface area contributed by atoms with Gasteiger partial charge in [0.05, 0.1) is 6.07 Å². The molecule has 26 heavy (non-hydrogen) atoms. The van der Waals surface area contributed by atoms with E-state index in [1.165, 1.54) is 0 Å². The van der Waals surface area contributed by atoms with Crippen LogP contribution in [-0.2, 0) is 22.6 Å². The molecule has 2 amide bonds. The number of benzene rings is 2. The minimum Gasteiger partial charge on any atom is -0.445 e. The van der Waals surface area contributed by atoms with Crippen LogP contribution in [0, 0.1) is 11.3 Å². The molecule has 2 aromatic rings. The van der Waals surface area contributed by atoms with Gasteiger partial charge in [-0.15, -0.1) is 0 Å². The summed E-state index contributed by atoms with van der Waals surface area (Å²) in [6.07, 6.45) is -0.546. The number of rotatable bonds is 7. The number of carbonyl (C=O) groups excluding carboxylic acids is 2. The third-order valence-corrected chi connectivity index (χ3v) is 3.91. The van der Waals surface area contributed by atoms with Gasteiger partial charge in [0.25, 0.3) is 0 Å². The number of alkyl carbamates (subject to hydrolysis) is 1. The lowest BCUT2D eigenvalue weighted by Crippen LogP contribution is -2.48. The molecule has 0 bridgehead atoms. The van der Waals surface area contributed by atoms with Crippen LogP contribution < -0.4 is 10.6 Å². The van der Waals surface area contributed by atoms with Crippen molar-refractivity contribution in [3.8, 4) is 6.07 Å². The summed E-state index contributed by atoms with van der Waals surface area (Å²) >= 11 is 6.13. The fraction of sp³-hybridized carbons (Fsp3) is 0.211. The van der Waals surface area contributed by atoms with Crippen molar-refractivity contribution in [3.63, 3.8) is 0 Å². The van der Waals surface area contributed by atoms with Crippen LogP contribution in [0.25, 0.3) is 0 Å². The van der Waals surface area contributed by atoms with E-state index in [0.717, 1.165) is 5.56 Å². The van der Waals surface area contributed by atoms with Gasteiger partial charge < -0.3 is 15.4 Å². The van der Waals surface area contributed by atoms with Gasteiger partial charge in [0.1, 0.15) is 19.2 Å². The Morgan fingerprint density at radius 1 is 1.12 bits per heavy atom. The van der Waals surface area contributed by atoms with Gasteiger partial charge in [-0.3, -0.25) is 4.79 Å². The summed E-state index contributed by atoms with van der Waals surface area (Å²) in [6, 6.07) is 17.2. The van der Waals surface area contributed by atoms with Crippen LogP contribution in [0.5, 0.6) is 0 Å². The largest absolute Gasteiger partial charge is 0.445 e. The van der Waals surface area contributed by atoms with Crippen LogP contribution in [0.15, 0.2) is 54.6 Å². The van der Waals surface area contributed by atoms with Crippen LogP contribution in [0.4, 0.5) is 4.79 Å². The standard InChI is InChI=1S/C19H18ClN3O3/c20-16-9-5-4-8-15(16)12-17(18(24)22-11-10-21)23-19(25)26-13-14-6-2-1-3-7-14/h1-9,17H,11-13H2,(H,22,24)(H,23,25)/t17-/m0/s1. The molecule has 0 aliphatic heterocycles. The van der Waals surface area contributed by atoms with Gasteiger partial charge in [-0.25, -0.2) is 4.79 Å². The van der Waals surface area contributed by atoms with Crippen molar-refractivity contribution >= 4 is 23.6 Å². The maximum Gasteiger partial charge on any atom is 0.408 e. The van der Waals surface area contributed by atoms with Crippen LogP contribution in [0.3, 0.4) is 0 Å². The molecule has 7 heteroatoms. The second-order valence-electron chi connectivity index (χ2n) is 5.43. The first-order chi connectivity index (χ1) is 12.6. The number of nitrogens with one attached hydrogen (secondary N) is 2. The van der Waals surface area contributed by atoms with Gasteiger partial charge in [-0.05, 0) is 17.2 Å². The van der Waals surface area contributed by atoms with E-state index in [0.29, 0.717) is 10.6 Å². The fourth-order valence-electron chi connectivity index (χ4n) is 2.25. The molecular weight excluding hydrogens is 354 g/mol. The molecule has 0 saturated heterocycles. The van der Waals surface area contributed by atoms with Gasteiger partial charge in [0, 0.05) is 11.4 Å². The van der Waals surface area contributed by atoms with E-state index in [1.54, 1.807) is 24.3 Å². The third-order valence-electron chi connectivity index (χ3n) is 3.54. The highest BCUT2D eigenvalue weighted by Crippen LogP contribution is 2.17. The van der Waals surface area contributed by atoms with Gasteiger partial charge in [-0.2, -0.15) is 5.26 Å². The number of ether oxygens (including phenoxy) is 1. The van der Waals surface area contributed by atoms with E-state index >= 15 is 0 Å².